The van der Waals surface area contributed by atoms with E-state index in [-0.39, 0.29) is 5.54 Å². The van der Waals surface area contributed by atoms with Gasteiger partial charge in [-0.05, 0) is 25.0 Å². The van der Waals surface area contributed by atoms with Crippen LogP contribution in [0.15, 0.2) is 12.1 Å². The lowest BCUT2D eigenvalue weighted by Gasteiger charge is -2.25. The summed E-state index contributed by atoms with van der Waals surface area (Å²) in [6.07, 6.45) is 6.94. The van der Waals surface area contributed by atoms with Crippen molar-refractivity contribution >= 4 is 17.0 Å². The first-order chi connectivity index (χ1) is 9.58. The normalized spacial score (nSPS) is 18.9. The summed E-state index contributed by atoms with van der Waals surface area (Å²) in [5, 5.41) is 0. The molecule has 0 unspecified atom stereocenters. The van der Waals surface area contributed by atoms with Crippen LogP contribution in [0.4, 0.5) is 5.82 Å². The second-order valence-electron chi connectivity index (χ2n) is 6.09. The molecule has 0 amide bonds. The van der Waals surface area contributed by atoms with Gasteiger partial charge in [-0.25, -0.2) is 9.97 Å². The number of fused-ring (bicyclic) bond motifs is 1. The molecule has 1 saturated carbocycles. The van der Waals surface area contributed by atoms with Crippen molar-refractivity contribution in [3.8, 4) is 0 Å². The first kappa shape index (κ1) is 13.4. The van der Waals surface area contributed by atoms with Crippen LogP contribution >= 0.6 is 0 Å². The van der Waals surface area contributed by atoms with Crippen molar-refractivity contribution in [3.05, 3.63) is 18.0 Å². The van der Waals surface area contributed by atoms with Gasteiger partial charge in [0, 0.05) is 14.1 Å². The SMILES string of the molecule is CN(C)c1ccc2[nH]c(C3(N)CCCCCC3)nc2n1. The van der Waals surface area contributed by atoms with Crippen LogP contribution in [0.1, 0.15) is 44.3 Å². The summed E-state index contributed by atoms with van der Waals surface area (Å²) >= 11 is 0. The molecular weight excluding hydrogens is 250 g/mol. The van der Waals surface area contributed by atoms with E-state index in [1.807, 2.05) is 31.1 Å². The molecule has 2 aromatic rings. The minimum absolute atomic E-state index is 0.310. The van der Waals surface area contributed by atoms with Crippen LogP contribution in [0.5, 0.6) is 0 Å². The molecule has 0 spiro atoms. The van der Waals surface area contributed by atoms with Crippen molar-refractivity contribution in [2.75, 3.05) is 19.0 Å². The van der Waals surface area contributed by atoms with E-state index in [9.17, 15) is 0 Å². The molecular formula is C15H23N5. The van der Waals surface area contributed by atoms with Gasteiger partial charge in [-0.1, -0.05) is 25.7 Å². The van der Waals surface area contributed by atoms with Crippen molar-refractivity contribution in [2.24, 2.45) is 5.73 Å². The number of hydrogen-bond donors (Lipinski definition) is 2. The third kappa shape index (κ3) is 2.38. The highest BCUT2D eigenvalue weighted by Gasteiger charge is 2.31. The van der Waals surface area contributed by atoms with Crippen molar-refractivity contribution in [3.63, 3.8) is 0 Å². The number of imidazole rings is 1. The number of rotatable bonds is 2. The van der Waals surface area contributed by atoms with Gasteiger partial charge >= 0.3 is 0 Å². The summed E-state index contributed by atoms with van der Waals surface area (Å²) in [6.45, 7) is 0. The summed E-state index contributed by atoms with van der Waals surface area (Å²) < 4.78 is 0. The summed E-state index contributed by atoms with van der Waals surface area (Å²) in [5.74, 6) is 1.82. The van der Waals surface area contributed by atoms with Gasteiger partial charge < -0.3 is 15.6 Å². The molecule has 5 heteroatoms. The topological polar surface area (TPSA) is 70.8 Å². The van der Waals surface area contributed by atoms with Crippen LogP contribution in [-0.4, -0.2) is 29.0 Å². The maximum atomic E-state index is 6.61. The van der Waals surface area contributed by atoms with Gasteiger partial charge in [-0.15, -0.1) is 0 Å². The fourth-order valence-electron chi connectivity index (χ4n) is 2.96. The molecule has 0 saturated heterocycles. The Morgan fingerprint density at radius 2 is 1.80 bits per heavy atom. The Hall–Kier alpha value is -1.62. The van der Waals surface area contributed by atoms with Crippen molar-refractivity contribution in [2.45, 2.75) is 44.1 Å². The van der Waals surface area contributed by atoms with E-state index in [2.05, 4.69) is 15.0 Å². The number of pyridine rings is 1. The highest BCUT2D eigenvalue weighted by atomic mass is 15.2. The number of anilines is 1. The number of H-pyrrole nitrogens is 1. The van der Waals surface area contributed by atoms with Crippen LogP contribution in [-0.2, 0) is 5.54 Å². The van der Waals surface area contributed by atoms with Gasteiger partial charge in [0.2, 0.25) is 0 Å². The predicted octanol–water partition coefficient (Wildman–Crippen LogP) is 2.53. The average Bonchev–Trinajstić information content (AvgIpc) is 2.74. The fourth-order valence-corrected chi connectivity index (χ4v) is 2.96. The quantitative estimate of drug-likeness (QED) is 0.825. The van der Waals surface area contributed by atoms with Crippen LogP contribution in [0.25, 0.3) is 11.2 Å². The predicted molar refractivity (Wildman–Crippen MR) is 81.8 cm³/mol. The van der Waals surface area contributed by atoms with Crippen LogP contribution in [0, 0.1) is 0 Å². The Morgan fingerprint density at radius 3 is 2.45 bits per heavy atom. The Morgan fingerprint density at radius 1 is 1.10 bits per heavy atom. The molecule has 0 bridgehead atoms. The number of aromatic amines is 1. The van der Waals surface area contributed by atoms with Crippen molar-refractivity contribution < 1.29 is 0 Å². The number of hydrogen-bond acceptors (Lipinski definition) is 4. The number of nitrogens with one attached hydrogen (secondary N) is 1. The second-order valence-corrected chi connectivity index (χ2v) is 6.09. The largest absolute Gasteiger partial charge is 0.363 e. The first-order valence-electron chi connectivity index (χ1n) is 7.42. The third-order valence-corrected chi connectivity index (χ3v) is 4.26. The molecule has 1 fully saturated rings. The first-order valence-corrected chi connectivity index (χ1v) is 7.42. The third-order valence-electron chi connectivity index (χ3n) is 4.26. The van der Waals surface area contributed by atoms with E-state index in [0.29, 0.717) is 0 Å². The zero-order chi connectivity index (χ0) is 14.2. The average molecular weight is 273 g/mol. The molecule has 1 aliphatic rings. The van der Waals surface area contributed by atoms with Gasteiger partial charge in [0.1, 0.15) is 11.6 Å². The van der Waals surface area contributed by atoms with E-state index >= 15 is 0 Å². The fraction of sp³-hybridized carbons (Fsp3) is 0.600. The maximum Gasteiger partial charge on any atom is 0.179 e. The van der Waals surface area contributed by atoms with Gasteiger partial charge in [-0.2, -0.15) is 0 Å². The lowest BCUT2D eigenvalue weighted by Crippen LogP contribution is -2.37. The van der Waals surface area contributed by atoms with Crippen molar-refractivity contribution in [1.82, 2.24) is 15.0 Å². The molecule has 20 heavy (non-hydrogen) atoms. The molecule has 3 N–H and O–H groups in total. The van der Waals surface area contributed by atoms with E-state index in [4.69, 9.17) is 5.73 Å². The number of aromatic nitrogens is 3. The maximum absolute atomic E-state index is 6.61. The highest BCUT2D eigenvalue weighted by molar-refractivity contribution is 5.73. The monoisotopic (exact) mass is 273 g/mol. The molecule has 5 nitrogen and oxygen atoms in total. The lowest BCUT2D eigenvalue weighted by molar-refractivity contribution is 0.366. The Kier molecular flexibility index (Phi) is 3.38. The molecule has 108 valence electrons. The molecule has 0 radical (unpaired) electrons. The second kappa shape index (κ2) is 5.05. The zero-order valence-electron chi connectivity index (χ0n) is 12.3. The molecule has 0 aliphatic heterocycles. The standard InChI is InChI=1S/C15H23N5/c1-20(2)12-8-7-11-13(18-12)19-14(17-11)15(16)9-5-3-4-6-10-15/h7-8H,3-6,9-10,16H2,1-2H3,(H,17,18,19). The van der Waals surface area contributed by atoms with E-state index < -0.39 is 0 Å². The van der Waals surface area contributed by atoms with E-state index in [1.165, 1.54) is 25.7 Å². The Labute approximate surface area is 119 Å². The molecule has 3 rings (SSSR count). The van der Waals surface area contributed by atoms with Crippen LogP contribution < -0.4 is 10.6 Å². The Bertz CT molecular complexity index is 593. The van der Waals surface area contributed by atoms with Gasteiger partial charge in [0.25, 0.3) is 0 Å². The zero-order valence-corrected chi connectivity index (χ0v) is 12.3. The van der Waals surface area contributed by atoms with Crippen LogP contribution in [0.3, 0.4) is 0 Å². The van der Waals surface area contributed by atoms with Gasteiger partial charge in [0.15, 0.2) is 5.65 Å². The number of nitrogens with zero attached hydrogens (tertiary/aromatic N) is 3. The Balaban J connectivity index is 1.99. The van der Waals surface area contributed by atoms with Gasteiger partial charge in [-0.3, -0.25) is 0 Å². The van der Waals surface area contributed by atoms with Gasteiger partial charge in [0.05, 0.1) is 11.1 Å². The molecule has 1 aliphatic carbocycles. The number of nitrogens with two attached hydrogens (primary N) is 1. The minimum Gasteiger partial charge on any atom is -0.363 e. The lowest BCUT2D eigenvalue weighted by atomic mass is 9.91. The van der Waals surface area contributed by atoms with Crippen molar-refractivity contribution in [1.29, 1.82) is 0 Å². The summed E-state index contributed by atoms with van der Waals surface area (Å²) in [5.41, 5.74) is 8.04. The van der Waals surface area contributed by atoms with Crippen LogP contribution in [0.2, 0.25) is 0 Å². The highest BCUT2D eigenvalue weighted by Crippen LogP contribution is 2.33. The summed E-state index contributed by atoms with van der Waals surface area (Å²) in [4.78, 5) is 14.6. The minimum atomic E-state index is -0.310. The molecule has 0 atom stereocenters. The molecule has 2 aromatic heterocycles. The summed E-state index contributed by atoms with van der Waals surface area (Å²) in [6, 6.07) is 4.04. The van der Waals surface area contributed by atoms with E-state index in [1.54, 1.807) is 0 Å². The smallest absolute Gasteiger partial charge is 0.179 e. The molecule has 0 aromatic carbocycles. The summed E-state index contributed by atoms with van der Waals surface area (Å²) in [7, 11) is 3.97. The van der Waals surface area contributed by atoms with E-state index in [0.717, 1.165) is 35.6 Å². The molecule has 2 heterocycles.